The van der Waals surface area contributed by atoms with E-state index in [4.69, 9.17) is 5.73 Å². The molecule has 2 aromatic carbocycles. The van der Waals surface area contributed by atoms with Crippen molar-refractivity contribution in [1.29, 1.82) is 0 Å². The molecule has 0 spiro atoms. The zero-order valence-electron chi connectivity index (χ0n) is 10.9. The molecule has 2 nitrogen and oxygen atoms in total. The third-order valence-corrected chi connectivity index (χ3v) is 3.30. The highest BCUT2D eigenvalue weighted by atomic mass is 19.4. The summed E-state index contributed by atoms with van der Waals surface area (Å²) in [5.41, 5.74) is 7.20. The van der Waals surface area contributed by atoms with Crippen molar-refractivity contribution in [3.63, 3.8) is 0 Å². The van der Waals surface area contributed by atoms with Crippen molar-refractivity contribution in [2.75, 3.05) is 5.73 Å². The number of nitrogens with two attached hydrogens (primary N) is 1. The van der Waals surface area contributed by atoms with Gasteiger partial charge in [0.25, 0.3) is 0 Å². The number of hydrogen-bond donors (Lipinski definition) is 1. The molecule has 106 valence electrons. The van der Waals surface area contributed by atoms with E-state index in [-0.39, 0.29) is 5.69 Å². The van der Waals surface area contributed by atoms with Crippen molar-refractivity contribution in [1.82, 2.24) is 4.98 Å². The topological polar surface area (TPSA) is 38.9 Å². The van der Waals surface area contributed by atoms with Gasteiger partial charge in [-0.3, -0.25) is 4.98 Å². The van der Waals surface area contributed by atoms with Crippen molar-refractivity contribution in [3.05, 3.63) is 60.3 Å². The van der Waals surface area contributed by atoms with Gasteiger partial charge >= 0.3 is 6.18 Å². The molecule has 0 saturated carbocycles. The first kappa shape index (κ1) is 13.4. The highest BCUT2D eigenvalue weighted by Crippen LogP contribution is 2.35. The Morgan fingerprint density at radius 3 is 2.48 bits per heavy atom. The van der Waals surface area contributed by atoms with Gasteiger partial charge in [0, 0.05) is 22.8 Å². The minimum Gasteiger partial charge on any atom is -0.398 e. The average Bonchev–Trinajstić information content (AvgIpc) is 2.45. The van der Waals surface area contributed by atoms with Crippen LogP contribution in [0.5, 0.6) is 0 Å². The van der Waals surface area contributed by atoms with Gasteiger partial charge in [0.2, 0.25) is 0 Å². The summed E-state index contributed by atoms with van der Waals surface area (Å²) in [6.07, 6.45) is -2.72. The summed E-state index contributed by atoms with van der Waals surface area (Å²) in [6.45, 7) is 0. The smallest absolute Gasteiger partial charge is 0.398 e. The van der Waals surface area contributed by atoms with Crippen LogP contribution < -0.4 is 5.73 Å². The second kappa shape index (κ2) is 4.77. The maximum Gasteiger partial charge on any atom is 0.416 e. The van der Waals surface area contributed by atoms with Gasteiger partial charge in [-0.25, -0.2) is 0 Å². The molecule has 0 bridgehead atoms. The van der Waals surface area contributed by atoms with Crippen molar-refractivity contribution < 1.29 is 13.2 Å². The summed E-state index contributed by atoms with van der Waals surface area (Å²) in [4.78, 5) is 4.23. The van der Waals surface area contributed by atoms with E-state index < -0.39 is 11.7 Å². The second-order valence-electron chi connectivity index (χ2n) is 4.71. The molecule has 21 heavy (non-hydrogen) atoms. The molecular formula is C16H11F3N2. The minimum absolute atomic E-state index is 0.0973. The van der Waals surface area contributed by atoms with E-state index in [2.05, 4.69) is 4.98 Å². The van der Waals surface area contributed by atoms with Crippen LogP contribution in [0.1, 0.15) is 5.56 Å². The van der Waals surface area contributed by atoms with Crippen molar-refractivity contribution >= 4 is 16.6 Å². The van der Waals surface area contributed by atoms with Crippen molar-refractivity contribution in [2.45, 2.75) is 6.18 Å². The standard InChI is InChI=1S/C16H11F3N2/c17-16(18,19)12-5-6-13(14(20)9-12)11-4-3-10-2-1-7-21-15(10)8-11/h1-9H,20H2. The van der Waals surface area contributed by atoms with E-state index in [1.54, 1.807) is 6.20 Å². The number of fused-ring (bicyclic) bond motifs is 1. The van der Waals surface area contributed by atoms with Crippen LogP contribution in [0.25, 0.3) is 22.0 Å². The number of halogens is 3. The molecule has 0 fully saturated rings. The Balaban J connectivity index is 2.10. The highest BCUT2D eigenvalue weighted by Gasteiger charge is 2.30. The van der Waals surface area contributed by atoms with E-state index >= 15 is 0 Å². The molecule has 3 aromatic rings. The van der Waals surface area contributed by atoms with Crippen LogP contribution >= 0.6 is 0 Å². The minimum atomic E-state index is -4.39. The van der Waals surface area contributed by atoms with Crippen LogP contribution in [0.3, 0.4) is 0 Å². The van der Waals surface area contributed by atoms with Gasteiger partial charge in [0.1, 0.15) is 0 Å². The number of nitrogen functional groups attached to an aromatic ring is 1. The maximum atomic E-state index is 12.6. The Bertz CT molecular complexity index is 810. The number of aromatic nitrogens is 1. The number of rotatable bonds is 1. The number of nitrogens with zero attached hydrogens (tertiary/aromatic N) is 1. The van der Waals surface area contributed by atoms with Gasteiger partial charge < -0.3 is 5.73 Å². The summed E-state index contributed by atoms with van der Waals surface area (Å²) in [5, 5.41) is 0.965. The molecule has 2 N–H and O–H groups in total. The molecule has 0 amide bonds. The molecule has 0 unspecified atom stereocenters. The molecule has 0 aliphatic rings. The Hall–Kier alpha value is -2.56. The number of benzene rings is 2. The molecule has 0 atom stereocenters. The lowest BCUT2D eigenvalue weighted by Gasteiger charge is -2.11. The predicted molar refractivity (Wildman–Crippen MR) is 76.6 cm³/mol. The maximum absolute atomic E-state index is 12.6. The first-order chi connectivity index (χ1) is 9.95. The molecule has 0 aliphatic carbocycles. The van der Waals surface area contributed by atoms with Crippen LogP contribution in [0.4, 0.5) is 18.9 Å². The summed E-state index contributed by atoms with van der Waals surface area (Å²) in [7, 11) is 0. The van der Waals surface area contributed by atoms with Gasteiger partial charge in [-0.2, -0.15) is 13.2 Å². The van der Waals surface area contributed by atoms with Gasteiger partial charge in [-0.1, -0.05) is 24.3 Å². The van der Waals surface area contributed by atoms with E-state index in [0.29, 0.717) is 5.56 Å². The van der Waals surface area contributed by atoms with E-state index in [0.717, 1.165) is 28.6 Å². The first-order valence-electron chi connectivity index (χ1n) is 6.27. The summed E-state index contributed by atoms with van der Waals surface area (Å²) in [6, 6.07) is 12.6. The molecule has 1 heterocycles. The predicted octanol–water partition coefficient (Wildman–Crippen LogP) is 4.50. The van der Waals surface area contributed by atoms with Gasteiger partial charge in [-0.05, 0) is 29.8 Å². The molecule has 0 radical (unpaired) electrons. The van der Waals surface area contributed by atoms with Gasteiger partial charge in [0.15, 0.2) is 0 Å². The van der Waals surface area contributed by atoms with E-state index in [1.807, 2.05) is 30.3 Å². The fourth-order valence-electron chi connectivity index (χ4n) is 2.24. The quantitative estimate of drug-likeness (QED) is 0.669. The summed E-state index contributed by atoms with van der Waals surface area (Å²) in [5.74, 6) is 0. The fourth-order valence-corrected chi connectivity index (χ4v) is 2.24. The Labute approximate surface area is 119 Å². The largest absolute Gasteiger partial charge is 0.416 e. The highest BCUT2D eigenvalue weighted by molar-refractivity contribution is 5.87. The van der Waals surface area contributed by atoms with Gasteiger partial charge in [-0.15, -0.1) is 0 Å². The van der Waals surface area contributed by atoms with E-state index in [9.17, 15) is 13.2 Å². The lowest BCUT2D eigenvalue weighted by Crippen LogP contribution is -2.05. The van der Waals surface area contributed by atoms with Crippen LogP contribution in [0, 0.1) is 0 Å². The number of alkyl halides is 3. The molecule has 0 saturated heterocycles. The molecular weight excluding hydrogens is 277 g/mol. The lowest BCUT2D eigenvalue weighted by molar-refractivity contribution is -0.137. The molecule has 0 aliphatic heterocycles. The Kier molecular flexibility index (Phi) is 3.05. The zero-order valence-corrected chi connectivity index (χ0v) is 10.9. The third kappa shape index (κ3) is 2.54. The molecule has 5 heteroatoms. The van der Waals surface area contributed by atoms with E-state index in [1.165, 1.54) is 6.07 Å². The Morgan fingerprint density at radius 2 is 1.76 bits per heavy atom. The number of hydrogen-bond acceptors (Lipinski definition) is 2. The number of pyridine rings is 1. The van der Waals surface area contributed by atoms with Crippen LogP contribution in [0.2, 0.25) is 0 Å². The fraction of sp³-hybridized carbons (Fsp3) is 0.0625. The second-order valence-corrected chi connectivity index (χ2v) is 4.71. The average molecular weight is 288 g/mol. The van der Waals surface area contributed by atoms with Crippen LogP contribution in [0.15, 0.2) is 54.7 Å². The molecule has 3 rings (SSSR count). The van der Waals surface area contributed by atoms with Gasteiger partial charge in [0.05, 0.1) is 11.1 Å². The third-order valence-electron chi connectivity index (χ3n) is 3.30. The monoisotopic (exact) mass is 288 g/mol. The molecule has 1 aromatic heterocycles. The van der Waals surface area contributed by atoms with Crippen molar-refractivity contribution in [2.24, 2.45) is 0 Å². The SMILES string of the molecule is Nc1cc(C(F)(F)F)ccc1-c1ccc2cccnc2c1. The Morgan fingerprint density at radius 1 is 0.952 bits per heavy atom. The normalized spacial score (nSPS) is 11.8. The van der Waals surface area contributed by atoms with Crippen LogP contribution in [-0.4, -0.2) is 4.98 Å². The zero-order chi connectivity index (χ0) is 15.0. The van der Waals surface area contributed by atoms with Crippen molar-refractivity contribution in [3.8, 4) is 11.1 Å². The van der Waals surface area contributed by atoms with Crippen LogP contribution in [-0.2, 0) is 6.18 Å². The lowest BCUT2D eigenvalue weighted by atomic mass is 10.00. The summed E-state index contributed by atoms with van der Waals surface area (Å²) < 4.78 is 37.9. The summed E-state index contributed by atoms with van der Waals surface area (Å²) >= 11 is 0. The number of anilines is 1. The first-order valence-corrected chi connectivity index (χ1v) is 6.27.